The molecule has 1 aliphatic heterocycles. The highest BCUT2D eigenvalue weighted by molar-refractivity contribution is 6.33. The van der Waals surface area contributed by atoms with Crippen LogP contribution in [0.3, 0.4) is 0 Å². The molecule has 1 N–H and O–H groups in total. The van der Waals surface area contributed by atoms with Crippen LogP contribution in [-0.2, 0) is 15.8 Å². The first-order valence-corrected chi connectivity index (χ1v) is 10.9. The predicted molar refractivity (Wildman–Crippen MR) is 122 cm³/mol. The Kier molecular flexibility index (Phi) is 7.86. The molecule has 0 bridgehead atoms. The van der Waals surface area contributed by atoms with Crippen molar-refractivity contribution in [3.63, 3.8) is 0 Å². The Labute approximate surface area is 195 Å². The Bertz CT molecular complexity index is 994. The Morgan fingerprint density at radius 2 is 1.67 bits per heavy atom. The van der Waals surface area contributed by atoms with Crippen LogP contribution in [0.25, 0.3) is 0 Å². The molecule has 1 unspecified atom stereocenters. The van der Waals surface area contributed by atoms with E-state index >= 15 is 0 Å². The van der Waals surface area contributed by atoms with Gasteiger partial charge >= 0.3 is 6.18 Å². The number of alkyl halides is 3. The van der Waals surface area contributed by atoms with Crippen molar-refractivity contribution in [2.75, 3.05) is 50.0 Å². The smallest absolute Gasteiger partial charge is 0.368 e. The summed E-state index contributed by atoms with van der Waals surface area (Å²) in [7, 11) is 1.47. The van der Waals surface area contributed by atoms with Gasteiger partial charge in [-0.25, -0.2) is 0 Å². The molecular weight excluding hydrogens is 457 g/mol. The molecular formula is C23H26ClF3N4O2. The van der Waals surface area contributed by atoms with Crippen molar-refractivity contribution >= 4 is 34.8 Å². The quantitative estimate of drug-likeness (QED) is 0.677. The first-order chi connectivity index (χ1) is 15.6. The van der Waals surface area contributed by atoms with Gasteiger partial charge in [0, 0.05) is 33.2 Å². The van der Waals surface area contributed by atoms with Gasteiger partial charge < -0.3 is 15.1 Å². The number of rotatable bonds is 6. The molecule has 1 heterocycles. The SMILES string of the molecule is CC(C(=O)N(C)CC(=O)Nc1ccccc1C(F)(F)F)N1CCN(c2ccccc2Cl)CC1. The van der Waals surface area contributed by atoms with Crippen molar-refractivity contribution in [1.82, 2.24) is 9.80 Å². The number of amides is 2. The van der Waals surface area contributed by atoms with Gasteiger partial charge in [0.2, 0.25) is 11.8 Å². The number of para-hydroxylation sites is 2. The number of carbonyl (C=O) groups excluding carboxylic acids is 2. The molecule has 0 radical (unpaired) electrons. The molecule has 0 spiro atoms. The zero-order valence-electron chi connectivity index (χ0n) is 18.4. The van der Waals surface area contributed by atoms with E-state index in [1.54, 1.807) is 6.92 Å². The van der Waals surface area contributed by atoms with E-state index in [9.17, 15) is 22.8 Å². The van der Waals surface area contributed by atoms with Crippen molar-refractivity contribution < 1.29 is 22.8 Å². The minimum atomic E-state index is -4.59. The lowest BCUT2D eigenvalue weighted by molar-refractivity contribution is -0.138. The third-order valence-electron chi connectivity index (χ3n) is 5.68. The van der Waals surface area contributed by atoms with Crippen LogP contribution >= 0.6 is 11.6 Å². The number of benzene rings is 2. The van der Waals surface area contributed by atoms with Crippen LogP contribution in [0.4, 0.5) is 24.5 Å². The highest BCUT2D eigenvalue weighted by Crippen LogP contribution is 2.34. The summed E-state index contributed by atoms with van der Waals surface area (Å²) in [5.74, 6) is -0.973. The van der Waals surface area contributed by atoms with Gasteiger partial charge in [-0.15, -0.1) is 0 Å². The number of halogens is 4. The van der Waals surface area contributed by atoms with E-state index in [1.165, 1.54) is 30.1 Å². The summed E-state index contributed by atoms with van der Waals surface area (Å²) in [5, 5.41) is 2.94. The highest BCUT2D eigenvalue weighted by atomic mass is 35.5. The average molecular weight is 483 g/mol. The van der Waals surface area contributed by atoms with Gasteiger partial charge in [-0.2, -0.15) is 13.2 Å². The summed E-state index contributed by atoms with van der Waals surface area (Å²) >= 11 is 6.27. The number of piperazine rings is 1. The van der Waals surface area contributed by atoms with Crippen molar-refractivity contribution in [2.45, 2.75) is 19.1 Å². The first kappa shape index (κ1) is 24.9. The maximum atomic E-state index is 13.1. The molecule has 178 valence electrons. The molecule has 0 aromatic heterocycles. The lowest BCUT2D eigenvalue weighted by atomic mass is 10.1. The maximum absolute atomic E-state index is 13.1. The summed E-state index contributed by atoms with van der Waals surface area (Å²) in [6.07, 6.45) is -4.59. The molecule has 2 aromatic carbocycles. The summed E-state index contributed by atoms with van der Waals surface area (Å²) in [4.78, 5) is 30.6. The lowest BCUT2D eigenvalue weighted by Gasteiger charge is -2.39. The topological polar surface area (TPSA) is 55.9 Å². The third-order valence-corrected chi connectivity index (χ3v) is 6.00. The van der Waals surface area contributed by atoms with Gasteiger partial charge in [0.1, 0.15) is 0 Å². The van der Waals surface area contributed by atoms with Crippen molar-refractivity contribution in [3.05, 3.63) is 59.1 Å². The van der Waals surface area contributed by atoms with Crippen molar-refractivity contribution in [2.24, 2.45) is 0 Å². The molecule has 33 heavy (non-hydrogen) atoms. The van der Waals surface area contributed by atoms with Crippen LogP contribution < -0.4 is 10.2 Å². The molecule has 1 atom stereocenters. The van der Waals surface area contributed by atoms with Gasteiger partial charge in [-0.3, -0.25) is 14.5 Å². The molecule has 0 saturated carbocycles. The summed E-state index contributed by atoms with van der Waals surface area (Å²) in [6, 6.07) is 11.9. The van der Waals surface area contributed by atoms with Crippen LogP contribution in [0, 0.1) is 0 Å². The third kappa shape index (κ3) is 6.17. The fraction of sp³-hybridized carbons (Fsp3) is 0.391. The Hall–Kier alpha value is -2.78. The van der Waals surface area contributed by atoms with Crippen molar-refractivity contribution in [3.8, 4) is 0 Å². The Balaban J connectivity index is 1.54. The monoisotopic (exact) mass is 482 g/mol. The zero-order valence-corrected chi connectivity index (χ0v) is 19.2. The molecule has 10 heteroatoms. The minimum absolute atomic E-state index is 0.277. The summed E-state index contributed by atoms with van der Waals surface area (Å²) in [6.45, 7) is 4.07. The average Bonchev–Trinajstić information content (AvgIpc) is 2.78. The van der Waals surface area contributed by atoms with E-state index in [0.717, 1.165) is 11.8 Å². The number of hydrogen-bond acceptors (Lipinski definition) is 4. The van der Waals surface area contributed by atoms with E-state index in [2.05, 4.69) is 10.2 Å². The highest BCUT2D eigenvalue weighted by Gasteiger charge is 2.34. The van der Waals surface area contributed by atoms with E-state index in [0.29, 0.717) is 31.2 Å². The predicted octanol–water partition coefficient (Wildman–Crippen LogP) is 3.97. The molecule has 1 fully saturated rings. The lowest BCUT2D eigenvalue weighted by Crippen LogP contribution is -2.54. The second-order valence-corrected chi connectivity index (χ2v) is 8.34. The van der Waals surface area contributed by atoms with Gasteiger partial charge in [0.05, 0.1) is 34.5 Å². The molecule has 0 aliphatic carbocycles. The number of likely N-dealkylation sites (N-methyl/N-ethyl adjacent to an activating group) is 1. The molecule has 2 amide bonds. The van der Waals surface area contributed by atoms with Gasteiger partial charge in [0.15, 0.2) is 0 Å². The number of nitrogens with one attached hydrogen (secondary N) is 1. The van der Waals surface area contributed by atoms with Gasteiger partial charge in [0.25, 0.3) is 0 Å². The van der Waals surface area contributed by atoms with Crippen LogP contribution in [0.15, 0.2) is 48.5 Å². The zero-order chi connectivity index (χ0) is 24.2. The second kappa shape index (κ2) is 10.4. The normalized spacial score (nSPS) is 15.8. The van der Waals surface area contributed by atoms with Crippen LogP contribution in [-0.4, -0.2) is 67.4 Å². The van der Waals surface area contributed by atoms with E-state index in [1.807, 2.05) is 29.2 Å². The minimum Gasteiger partial charge on any atom is -0.368 e. The van der Waals surface area contributed by atoms with Gasteiger partial charge in [-0.05, 0) is 31.2 Å². The maximum Gasteiger partial charge on any atom is 0.418 e. The molecule has 1 saturated heterocycles. The molecule has 3 rings (SSSR count). The fourth-order valence-corrected chi connectivity index (χ4v) is 4.11. The number of anilines is 2. The fourth-order valence-electron chi connectivity index (χ4n) is 3.86. The van der Waals surface area contributed by atoms with Crippen LogP contribution in [0.5, 0.6) is 0 Å². The van der Waals surface area contributed by atoms with Crippen molar-refractivity contribution in [1.29, 1.82) is 0 Å². The molecule has 6 nitrogen and oxygen atoms in total. The second-order valence-electron chi connectivity index (χ2n) is 7.94. The van der Waals surface area contributed by atoms with Crippen LogP contribution in [0.1, 0.15) is 12.5 Å². The standard InChI is InChI=1S/C23H26ClF3N4O2/c1-16(30-11-13-31(14-12-30)20-10-6-4-8-18(20)24)22(33)29(2)15-21(32)28-19-9-5-3-7-17(19)23(25,26)27/h3-10,16H,11-15H2,1-2H3,(H,28,32). The largest absolute Gasteiger partial charge is 0.418 e. The number of hydrogen-bond donors (Lipinski definition) is 1. The molecule has 2 aromatic rings. The summed E-state index contributed by atoms with van der Waals surface area (Å²) < 4.78 is 39.4. The molecule has 1 aliphatic rings. The van der Waals surface area contributed by atoms with E-state index in [-0.39, 0.29) is 18.1 Å². The number of nitrogens with zero attached hydrogens (tertiary/aromatic N) is 3. The summed E-state index contributed by atoms with van der Waals surface area (Å²) in [5.41, 5.74) is -0.317. The van der Waals surface area contributed by atoms with E-state index in [4.69, 9.17) is 11.6 Å². The Morgan fingerprint density at radius 1 is 1.06 bits per heavy atom. The first-order valence-electron chi connectivity index (χ1n) is 10.5. The number of carbonyl (C=O) groups is 2. The van der Waals surface area contributed by atoms with Gasteiger partial charge in [-0.1, -0.05) is 35.9 Å². The van der Waals surface area contributed by atoms with Crippen LogP contribution in [0.2, 0.25) is 5.02 Å². The van der Waals surface area contributed by atoms with E-state index < -0.39 is 23.7 Å². The Morgan fingerprint density at radius 3 is 2.30 bits per heavy atom.